The molecule has 1 fully saturated rings. The molecule has 7 heteroatoms. The third kappa shape index (κ3) is 2.51. The lowest BCUT2D eigenvalue weighted by Crippen LogP contribution is -2.47. The fourth-order valence-electron chi connectivity index (χ4n) is 2.13. The Morgan fingerprint density at radius 1 is 1.37 bits per heavy atom. The molecule has 19 heavy (non-hydrogen) atoms. The summed E-state index contributed by atoms with van der Waals surface area (Å²) in [6.07, 6.45) is 0.687. The molecule has 0 amide bonds. The van der Waals surface area contributed by atoms with E-state index in [9.17, 15) is 13.2 Å². The number of ether oxygens (including phenoxy) is 1. The van der Waals surface area contributed by atoms with Crippen molar-refractivity contribution in [2.75, 3.05) is 18.0 Å². The monoisotopic (exact) mass is 285 g/mol. The van der Waals surface area contributed by atoms with Crippen molar-refractivity contribution in [2.24, 2.45) is 0 Å². The van der Waals surface area contributed by atoms with Crippen LogP contribution in [-0.4, -0.2) is 38.4 Å². The SMILES string of the molecule is COc1ccc(N2CCCC(C(=O)O)S2(=O)=O)cc1. The quantitative estimate of drug-likeness (QED) is 0.898. The molecule has 104 valence electrons. The maximum atomic E-state index is 12.2. The Bertz CT molecular complexity index is 566. The van der Waals surface area contributed by atoms with E-state index in [0.717, 1.165) is 4.31 Å². The number of hydrogen-bond acceptors (Lipinski definition) is 4. The highest BCUT2D eigenvalue weighted by Crippen LogP contribution is 2.29. The highest BCUT2D eigenvalue weighted by molar-refractivity contribution is 7.94. The zero-order chi connectivity index (χ0) is 14.0. The van der Waals surface area contributed by atoms with Gasteiger partial charge in [-0.3, -0.25) is 9.10 Å². The Kier molecular flexibility index (Phi) is 3.66. The zero-order valence-electron chi connectivity index (χ0n) is 10.4. The number of carboxylic acids is 1. The van der Waals surface area contributed by atoms with Crippen molar-refractivity contribution in [3.63, 3.8) is 0 Å². The minimum atomic E-state index is -3.84. The molecule has 0 bridgehead atoms. The van der Waals surface area contributed by atoms with Crippen molar-refractivity contribution < 1.29 is 23.1 Å². The lowest BCUT2D eigenvalue weighted by atomic mass is 10.2. The molecule has 1 aliphatic rings. The summed E-state index contributed by atoms with van der Waals surface area (Å²) in [4.78, 5) is 11.0. The van der Waals surface area contributed by atoms with Crippen LogP contribution in [0, 0.1) is 0 Å². The average Bonchev–Trinajstić information content (AvgIpc) is 2.38. The van der Waals surface area contributed by atoms with Gasteiger partial charge in [0, 0.05) is 6.54 Å². The molecule has 0 spiro atoms. The molecule has 1 N–H and O–H groups in total. The number of aliphatic carboxylic acids is 1. The van der Waals surface area contributed by atoms with E-state index < -0.39 is 21.2 Å². The fourth-order valence-corrected chi connectivity index (χ4v) is 3.95. The largest absolute Gasteiger partial charge is 0.497 e. The molecule has 0 aromatic heterocycles. The third-order valence-corrected chi connectivity index (χ3v) is 5.29. The fraction of sp³-hybridized carbons (Fsp3) is 0.417. The summed E-state index contributed by atoms with van der Waals surface area (Å²) < 4.78 is 30.6. The summed E-state index contributed by atoms with van der Waals surface area (Å²) >= 11 is 0. The molecule has 1 heterocycles. The van der Waals surface area contributed by atoms with Crippen LogP contribution >= 0.6 is 0 Å². The Hall–Kier alpha value is -1.76. The number of sulfonamides is 1. The predicted molar refractivity (Wildman–Crippen MR) is 69.9 cm³/mol. The maximum absolute atomic E-state index is 12.2. The molecule has 0 aliphatic carbocycles. The summed E-state index contributed by atoms with van der Waals surface area (Å²) in [5.41, 5.74) is 0.465. The molecule has 1 unspecified atom stereocenters. The molecule has 1 aromatic rings. The van der Waals surface area contributed by atoms with Crippen molar-refractivity contribution in [3.8, 4) is 5.75 Å². The van der Waals surface area contributed by atoms with Gasteiger partial charge in [0.2, 0.25) is 10.0 Å². The first kappa shape index (κ1) is 13.7. The minimum Gasteiger partial charge on any atom is -0.497 e. The van der Waals surface area contributed by atoms with Gasteiger partial charge in [0.15, 0.2) is 5.25 Å². The van der Waals surface area contributed by atoms with Crippen molar-refractivity contribution in [1.29, 1.82) is 0 Å². The number of carbonyl (C=O) groups is 1. The number of anilines is 1. The molecular weight excluding hydrogens is 270 g/mol. The first-order chi connectivity index (χ1) is 8.96. The number of rotatable bonds is 3. The average molecular weight is 285 g/mol. The lowest BCUT2D eigenvalue weighted by molar-refractivity contribution is -0.136. The van der Waals surface area contributed by atoms with E-state index >= 15 is 0 Å². The summed E-state index contributed by atoms with van der Waals surface area (Å²) in [6, 6.07) is 6.52. The Morgan fingerprint density at radius 3 is 2.53 bits per heavy atom. The van der Waals surface area contributed by atoms with Crippen LogP contribution in [-0.2, 0) is 14.8 Å². The molecular formula is C12H15NO5S. The van der Waals surface area contributed by atoms with E-state index in [0.29, 0.717) is 24.4 Å². The van der Waals surface area contributed by atoms with Gasteiger partial charge in [-0.05, 0) is 37.1 Å². The van der Waals surface area contributed by atoms with Gasteiger partial charge in [0.1, 0.15) is 5.75 Å². The van der Waals surface area contributed by atoms with Crippen LogP contribution in [0.4, 0.5) is 5.69 Å². The van der Waals surface area contributed by atoms with Crippen molar-refractivity contribution >= 4 is 21.7 Å². The molecule has 2 rings (SSSR count). The van der Waals surface area contributed by atoms with Crippen LogP contribution in [0.25, 0.3) is 0 Å². The van der Waals surface area contributed by atoms with E-state index in [2.05, 4.69) is 0 Å². The highest BCUT2D eigenvalue weighted by Gasteiger charge is 2.40. The molecule has 6 nitrogen and oxygen atoms in total. The summed E-state index contributed by atoms with van der Waals surface area (Å²) in [7, 11) is -2.32. The number of methoxy groups -OCH3 is 1. The van der Waals surface area contributed by atoms with E-state index in [4.69, 9.17) is 9.84 Å². The van der Waals surface area contributed by atoms with Crippen LogP contribution in [0.5, 0.6) is 5.75 Å². The Morgan fingerprint density at radius 2 is 2.00 bits per heavy atom. The van der Waals surface area contributed by atoms with Crippen LogP contribution in [0.3, 0.4) is 0 Å². The molecule has 1 aromatic carbocycles. The first-order valence-electron chi connectivity index (χ1n) is 5.85. The number of nitrogens with zero attached hydrogens (tertiary/aromatic N) is 1. The molecule has 0 saturated carbocycles. The van der Waals surface area contributed by atoms with Gasteiger partial charge in [-0.1, -0.05) is 0 Å². The van der Waals surface area contributed by atoms with Crippen LogP contribution in [0.1, 0.15) is 12.8 Å². The van der Waals surface area contributed by atoms with E-state index in [1.165, 1.54) is 7.11 Å². The zero-order valence-corrected chi connectivity index (χ0v) is 11.3. The van der Waals surface area contributed by atoms with Gasteiger partial charge in [0.25, 0.3) is 0 Å². The maximum Gasteiger partial charge on any atom is 0.323 e. The standard InChI is InChI=1S/C12H15NO5S/c1-18-10-6-4-9(5-7-10)13-8-2-3-11(12(14)15)19(13,16)17/h4-7,11H,2-3,8H2,1H3,(H,14,15). The molecule has 1 aliphatic heterocycles. The number of carboxylic acid groups (broad SMARTS) is 1. The second-order valence-corrected chi connectivity index (χ2v) is 6.32. The minimum absolute atomic E-state index is 0.157. The Balaban J connectivity index is 2.35. The van der Waals surface area contributed by atoms with E-state index in [1.54, 1.807) is 24.3 Å². The number of benzene rings is 1. The van der Waals surface area contributed by atoms with Crippen LogP contribution < -0.4 is 9.04 Å². The molecule has 1 atom stereocenters. The molecule has 0 radical (unpaired) electrons. The second kappa shape index (κ2) is 5.08. The van der Waals surface area contributed by atoms with Gasteiger partial charge < -0.3 is 9.84 Å². The van der Waals surface area contributed by atoms with Crippen LogP contribution in [0.2, 0.25) is 0 Å². The van der Waals surface area contributed by atoms with E-state index in [1.807, 2.05) is 0 Å². The smallest absolute Gasteiger partial charge is 0.323 e. The normalized spacial score (nSPS) is 21.9. The van der Waals surface area contributed by atoms with Crippen molar-refractivity contribution in [2.45, 2.75) is 18.1 Å². The highest BCUT2D eigenvalue weighted by atomic mass is 32.2. The summed E-state index contributed by atoms with van der Waals surface area (Å²) in [5.74, 6) is -0.675. The van der Waals surface area contributed by atoms with Gasteiger partial charge in [-0.15, -0.1) is 0 Å². The van der Waals surface area contributed by atoms with Gasteiger partial charge in [-0.25, -0.2) is 8.42 Å². The summed E-state index contributed by atoms with van der Waals surface area (Å²) in [6.45, 7) is 0.304. The van der Waals surface area contributed by atoms with Crippen LogP contribution in [0.15, 0.2) is 24.3 Å². The lowest BCUT2D eigenvalue weighted by Gasteiger charge is -2.31. The first-order valence-corrected chi connectivity index (χ1v) is 7.35. The third-order valence-electron chi connectivity index (χ3n) is 3.13. The van der Waals surface area contributed by atoms with Crippen molar-refractivity contribution in [3.05, 3.63) is 24.3 Å². The Labute approximate surface area is 111 Å². The van der Waals surface area contributed by atoms with E-state index in [-0.39, 0.29) is 6.42 Å². The molecule has 1 saturated heterocycles. The second-order valence-electron chi connectivity index (χ2n) is 4.28. The van der Waals surface area contributed by atoms with Gasteiger partial charge in [-0.2, -0.15) is 0 Å². The predicted octanol–water partition coefficient (Wildman–Crippen LogP) is 1.08. The number of hydrogen-bond donors (Lipinski definition) is 1. The van der Waals surface area contributed by atoms with Gasteiger partial charge >= 0.3 is 5.97 Å². The topological polar surface area (TPSA) is 83.9 Å². The summed E-state index contributed by atoms with van der Waals surface area (Å²) in [5, 5.41) is 7.64. The van der Waals surface area contributed by atoms with Gasteiger partial charge in [0.05, 0.1) is 12.8 Å². The van der Waals surface area contributed by atoms with Crippen molar-refractivity contribution in [1.82, 2.24) is 0 Å².